The van der Waals surface area contributed by atoms with Gasteiger partial charge in [0.15, 0.2) is 0 Å². The molecule has 1 aliphatic rings. The van der Waals surface area contributed by atoms with Gasteiger partial charge < -0.3 is 4.57 Å². The normalized spacial score (nSPS) is 18.4. The second kappa shape index (κ2) is 5.97. The highest BCUT2D eigenvalue weighted by atomic mass is 79.9. The lowest BCUT2D eigenvalue weighted by Crippen LogP contribution is -2.41. The van der Waals surface area contributed by atoms with Crippen molar-refractivity contribution in [1.82, 2.24) is 8.87 Å². The van der Waals surface area contributed by atoms with Crippen molar-refractivity contribution in [2.75, 3.05) is 6.54 Å². The van der Waals surface area contributed by atoms with Crippen LogP contribution in [-0.2, 0) is 16.6 Å². The fourth-order valence-electron chi connectivity index (χ4n) is 3.71. The predicted octanol–water partition coefficient (Wildman–Crippen LogP) is 4.48. The summed E-state index contributed by atoms with van der Waals surface area (Å²) in [6, 6.07) is 15.0. The van der Waals surface area contributed by atoms with Gasteiger partial charge in [0.1, 0.15) is 0 Å². The average molecular weight is 419 g/mol. The molecule has 0 N–H and O–H groups in total. The molecule has 4 nitrogen and oxygen atoms in total. The lowest BCUT2D eigenvalue weighted by atomic mass is 10.1. The summed E-state index contributed by atoms with van der Waals surface area (Å²) in [5.74, 6) is 0. The van der Waals surface area contributed by atoms with Crippen molar-refractivity contribution in [2.24, 2.45) is 0 Å². The van der Waals surface area contributed by atoms with E-state index in [-0.39, 0.29) is 6.04 Å². The molecule has 6 heteroatoms. The van der Waals surface area contributed by atoms with Gasteiger partial charge in [-0.15, -0.1) is 0 Å². The van der Waals surface area contributed by atoms with Crippen LogP contribution in [-0.4, -0.2) is 23.8 Å². The molecule has 1 aliphatic heterocycles. The highest BCUT2D eigenvalue weighted by Crippen LogP contribution is 2.36. The van der Waals surface area contributed by atoms with E-state index in [1.54, 1.807) is 10.4 Å². The summed E-state index contributed by atoms with van der Waals surface area (Å²) in [5, 5.41) is 1.66. The van der Waals surface area contributed by atoms with Crippen LogP contribution in [0.25, 0.3) is 10.8 Å². The molecular formula is C19H19BrN2O2S. The van der Waals surface area contributed by atoms with Crippen molar-refractivity contribution in [3.05, 3.63) is 64.4 Å². The minimum Gasteiger partial charge on any atom is -0.346 e. The maximum atomic E-state index is 13.4. The van der Waals surface area contributed by atoms with Gasteiger partial charge in [-0.1, -0.05) is 40.2 Å². The summed E-state index contributed by atoms with van der Waals surface area (Å²) >= 11 is 3.52. The predicted molar refractivity (Wildman–Crippen MR) is 103 cm³/mol. The number of halogens is 1. The molecule has 0 saturated carbocycles. The SMILES string of the molecule is Cc1ccc2n1CCN(S(=O)(=O)c1ccc(Br)c3ccccc13)[C@H]2C. The number of hydrogen-bond donors (Lipinski definition) is 0. The van der Waals surface area contributed by atoms with Crippen molar-refractivity contribution in [3.63, 3.8) is 0 Å². The quantitative estimate of drug-likeness (QED) is 0.615. The third-order valence-corrected chi connectivity index (χ3v) is 7.77. The molecule has 3 aromatic rings. The first-order valence-corrected chi connectivity index (χ1v) is 10.5. The van der Waals surface area contributed by atoms with E-state index in [1.165, 1.54) is 5.69 Å². The maximum absolute atomic E-state index is 13.4. The molecule has 0 saturated heterocycles. The highest BCUT2D eigenvalue weighted by Gasteiger charge is 2.35. The number of rotatable bonds is 2. The zero-order valence-electron chi connectivity index (χ0n) is 14.1. The molecule has 2 aromatic carbocycles. The van der Waals surface area contributed by atoms with Gasteiger partial charge in [0.25, 0.3) is 0 Å². The number of sulfonamides is 1. The van der Waals surface area contributed by atoms with Crippen molar-refractivity contribution in [1.29, 1.82) is 0 Å². The van der Waals surface area contributed by atoms with E-state index < -0.39 is 10.0 Å². The Balaban J connectivity index is 1.85. The number of nitrogens with zero attached hydrogens (tertiary/aromatic N) is 2. The minimum absolute atomic E-state index is 0.185. The van der Waals surface area contributed by atoms with Crippen LogP contribution >= 0.6 is 15.9 Å². The van der Waals surface area contributed by atoms with E-state index in [1.807, 2.05) is 43.3 Å². The zero-order valence-corrected chi connectivity index (χ0v) is 16.5. The fourth-order valence-corrected chi connectivity index (χ4v) is 5.99. The Morgan fingerprint density at radius 1 is 1.00 bits per heavy atom. The third kappa shape index (κ3) is 2.55. The lowest BCUT2D eigenvalue weighted by molar-refractivity contribution is 0.281. The van der Waals surface area contributed by atoms with Crippen molar-refractivity contribution >= 4 is 36.7 Å². The number of fused-ring (bicyclic) bond motifs is 2. The van der Waals surface area contributed by atoms with Gasteiger partial charge in [-0.3, -0.25) is 0 Å². The average Bonchev–Trinajstić information content (AvgIpc) is 2.97. The van der Waals surface area contributed by atoms with Gasteiger partial charge in [-0.2, -0.15) is 4.31 Å². The van der Waals surface area contributed by atoms with Gasteiger partial charge >= 0.3 is 0 Å². The van der Waals surface area contributed by atoms with E-state index in [4.69, 9.17) is 0 Å². The summed E-state index contributed by atoms with van der Waals surface area (Å²) in [5.41, 5.74) is 2.22. The molecule has 0 radical (unpaired) electrons. The molecule has 0 fully saturated rings. The molecule has 1 atom stereocenters. The molecule has 0 amide bonds. The van der Waals surface area contributed by atoms with E-state index in [0.29, 0.717) is 18.0 Å². The van der Waals surface area contributed by atoms with Gasteiger partial charge in [0.2, 0.25) is 10.0 Å². The van der Waals surface area contributed by atoms with Gasteiger partial charge in [-0.25, -0.2) is 8.42 Å². The second-order valence-electron chi connectivity index (χ2n) is 6.43. The Kier molecular flexibility index (Phi) is 4.02. The molecule has 0 spiro atoms. The Bertz CT molecular complexity index is 1070. The molecule has 4 rings (SSSR count). The molecule has 2 heterocycles. The molecule has 0 bridgehead atoms. The summed E-state index contributed by atoms with van der Waals surface area (Å²) in [4.78, 5) is 0.370. The Labute approximate surface area is 156 Å². The van der Waals surface area contributed by atoms with Crippen molar-refractivity contribution in [3.8, 4) is 0 Å². The highest BCUT2D eigenvalue weighted by molar-refractivity contribution is 9.10. The van der Waals surface area contributed by atoms with Crippen LogP contribution < -0.4 is 0 Å². The van der Waals surface area contributed by atoms with Gasteiger partial charge in [-0.05, 0) is 43.5 Å². The number of aromatic nitrogens is 1. The zero-order chi connectivity index (χ0) is 17.8. The van der Waals surface area contributed by atoms with Crippen molar-refractivity contribution < 1.29 is 8.42 Å². The second-order valence-corrected chi connectivity index (χ2v) is 9.15. The Hall–Kier alpha value is -1.63. The molecule has 25 heavy (non-hydrogen) atoms. The Morgan fingerprint density at radius 3 is 2.48 bits per heavy atom. The number of aryl methyl sites for hydroxylation is 1. The van der Waals surface area contributed by atoms with E-state index in [0.717, 1.165) is 20.9 Å². The van der Waals surface area contributed by atoms with Crippen LogP contribution in [0.5, 0.6) is 0 Å². The van der Waals surface area contributed by atoms with E-state index in [9.17, 15) is 8.42 Å². The first kappa shape index (κ1) is 16.8. The summed E-state index contributed by atoms with van der Waals surface area (Å²) < 4.78 is 31.6. The Morgan fingerprint density at radius 2 is 1.72 bits per heavy atom. The molecule has 0 unspecified atom stereocenters. The molecule has 0 aliphatic carbocycles. The topological polar surface area (TPSA) is 42.3 Å². The van der Waals surface area contributed by atoms with Crippen LogP contribution in [0.3, 0.4) is 0 Å². The largest absolute Gasteiger partial charge is 0.346 e. The summed E-state index contributed by atoms with van der Waals surface area (Å²) in [6.45, 7) is 5.19. The van der Waals surface area contributed by atoms with Gasteiger partial charge in [0, 0.05) is 34.3 Å². The minimum atomic E-state index is -3.59. The third-order valence-electron chi connectivity index (χ3n) is 5.05. The van der Waals surface area contributed by atoms with Gasteiger partial charge in [0.05, 0.1) is 10.9 Å². The first-order chi connectivity index (χ1) is 11.9. The summed E-state index contributed by atoms with van der Waals surface area (Å²) in [7, 11) is -3.59. The summed E-state index contributed by atoms with van der Waals surface area (Å²) in [6.07, 6.45) is 0. The molecule has 130 valence electrons. The molecular weight excluding hydrogens is 400 g/mol. The smallest absolute Gasteiger partial charge is 0.244 e. The van der Waals surface area contributed by atoms with Crippen LogP contribution in [0.2, 0.25) is 0 Å². The van der Waals surface area contributed by atoms with E-state index >= 15 is 0 Å². The monoisotopic (exact) mass is 418 g/mol. The van der Waals surface area contributed by atoms with E-state index in [2.05, 4.69) is 33.5 Å². The fraction of sp³-hybridized carbons (Fsp3) is 0.263. The van der Waals surface area contributed by atoms with Crippen LogP contribution in [0.15, 0.2) is 57.9 Å². The first-order valence-electron chi connectivity index (χ1n) is 8.26. The lowest BCUT2D eigenvalue weighted by Gasteiger charge is -2.34. The molecule has 1 aromatic heterocycles. The maximum Gasteiger partial charge on any atom is 0.244 e. The van der Waals surface area contributed by atoms with Crippen LogP contribution in [0, 0.1) is 6.92 Å². The number of hydrogen-bond acceptors (Lipinski definition) is 2. The van der Waals surface area contributed by atoms with Crippen LogP contribution in [0.1, 0.15) is 24.4 Å². The van der Waals surface area contributed by atoms with Crippen molar-refractivity contribution in [2.45, 2.75) is 31.3 Å². The van der Waals surface area contributed by atoms with Crippen LogP contribution in [0.4, 0.5) is 0 Å². The number of benzene rings is 2. The standard InChI is InChI=1S/C19H19BrN2O2S/c1-13-7-9-18-14(2)22(12-11-21(13)18)25(23,24)19-10-8-17(20)15-5-3-4-6-16(15)19/h3-10,14H,11-12H2,1-2H3/t14-/m0/s1.